The third-order valence-electron chi connectivity index (χ3n) is 5.53. The summed E-state index contributed by atoms with van der Waals surface area (Å²) in [7, 11) is 0. The molecule has 16 nitrogen and oxygen atoms in total. The van der Waals surface area contributed by atoms with E-state index in [-0.39, 0.29) is 104 Å². The Balaban J connectivity index is 0. The summed E-state index contributed by atoms with van der Waals surface area (Å²) in [5.74, 6) is -10.4. The van der Waals surface area contributed by atoms with E-state index in [0.717, 1.165) is 12.1 Å². The van der Waals surface area contributed by atoms with E-state index in [0.29, 0.717) is 0 Å². The molecule has 6 N–H and O–H groups in total. The number of carboxylic acid groups (broad SMARTS) is 8. The van der Waals surface area contributed by atoms with Gasteiger partial charge in [-0.05, 0) is 36.4 Å². The molecule has 0 heterocycles. The molecule has 50 heavy (non-hydrogen) atoms. The molecule has 0 unspecified atom stereocenters. The maximum absolute atomic E-state index is 10.5. The first-order valence-electron chi connectivity index (χ1n) is 12.7. The molecule has 0 aliphatic carbocycles. The quantitative estimate of drug-likeness (QED) is 0.0943. The summed E-state index contributed by atoms with van der Waals surface area (Å²) in [6.07, 6.45) is 0. The Morgan fingerprint density at radius 3 is 0.520 bits per heavy atom. The number of carbonyl (C=O) groups excluding carboxylic acids is 2. The van der Waals surface area contributed by atoms with Crippen molar-refractivity contribution in [1.82, 2.24) is 0 Å². The number of rotatable bonds is 8. The zero-order chi connectivity index (χ0) is 36.6. The first-order chi connectivity index (χ1) is 22.5. The number of carboxylic acids is 8. The van der Waals surface area contributed by atoms with Crippen molar-refractivity contribution in [1.29, 1.82) is 0 Å². The molecule has 0 aromatic heterocycles. The standard InChI is InChI=1S/4C8H6O4.2Na/c4*9-7(10)5-3-1-2-4-6(5)8(11)12;;/h4*1-4H,(H,9,10)(H,11,12);;/q;;;;2*+1/p-2. The fraction of sp³-hybridized carbons (Fsp3) is 0. The molecule has 0 spiro atoms. The molecular weight excluding hydrogens is 686 g/mol. The van der Waals surface area contributed by atoms with Crippen LogP contribution in [-0.4, -0.2) is 78.4 Å². The van der Waals surface area contributed by atoms with Crippen LogP contribution in [-0.2, 0) is 0 Å². The van der Waals surface area contributed by atoms with Crippen LogP contribution in [0.4, 0.5) is 0 Å². The first kappa shape index (κ1) is 46.8. The Morgan fingerprint density at radius 2 is 0.420 bits per heavy atom. The van der Waals surface area contributed by atoms with Crippen molar-refractivity contribution < 1.29 is 138 Å². The third kappa shape index (κ3) is 14.8. The van der Waals surface area contributed by atoms with Crippen LogP contribution >= 0.6 is 0 Å². The molecule has 4 rings (SSSR count). The summed E-state index contributed by atoms with van der Waals surface area (Å²) < 4.78 is 0. The van der Waals surface area contributed by atoms with E-state index in [1.54, 1.807) is 0 Å². The zero-order valence-electron chi connectivity index (χ0n) is 26.0. The predicted molar refractivity (Wildman–Crippen MR) is 156 cm³/mol. The second kappa shape index (κ2) is 23.1. The SMILES string of the molecule is O=C(O)c1ccccc1C(=O)O.O=C(O)c1ccccc1C(=O)O.O=C(O)c1ccccc1C(=O)O.O=C([O-])c1ccccc1C(=O)[O-].[Na+].[Na+]. The molecule has 0 fully saturated rings. The molecule has 248 valence electrons. The molecular formula is C32H22Na2O16. The molecule has 0 aliphatic heterocycles. The zero-order valence-corrected chi connectivity index (χ0v) is 30.0. The van der Waals surface area contributed by atoms with E-state index in [1.807, 2.05) is 0 Å². The van der Waals surface area contributed by atoms with Gasteiger partial charge >= 0.3 is 94.9 Å². The molecule has 0 amide bonds. The van der Waals surface area contributed by atoms with E-state index >= 15 is 0 Å². The van der Waals surface area contributed by atoms with Gasteiger partial charge in [0.1, 0.15) is 0 Å². The fourth-order valence-corrected chi connectivity index (χ4v) is 3.41. The van der Waals surface area contributed by atoms with Crippen molar-refractivity contribution in [3.8, 4) is 0 Å². The molecule has 0 radical (unpaired) electrons. The average Bonchev–Trinajstić information content (AvgIpc) is 3.05. The van der Waals surface area contributed by atoms with Gasteiger partial charge in [-0.25, -0.2) is 28.8 Å². The molecule has 0 bridgehead atoms. The number of carbonyl (C=O) groups is 8. The van der Waals surface area contributed by atoms with Crippen LogP contribution < -0.4 is 69.3 Å². The molecule has 18 heteroatoms. The van der Waals surface area contributed by atoms with Crippen molar-refractivity contribution in [2.75, 3.05) is 0 Å². The van der Waals surface area contributed by atoms with Crippen molar-refractivity contribution in [3.05, 3.63) is 142 Å². The van der Waals surface area contributed by atoms with Crippen molar-refractivity contribution in [3.63, 3.8) is 0 Å². The van der Waals surface area contributed by atoms with E-state index < -0.39 is 47.8 Å². The molecule has 0 saturated heterocycles. The summed E-state index contributed by atoms with van der Waals surface area (Å²) in [4.78, 5) is 83.4. The maximum Gasteiger partial charge on any atom is 1.00 e. The van der Waals surface area contributed by atoms with E-state index in [2.05, 4.69) is 0 Å². The number of hydrogen-bond acceptors (Lipinski definition) is 10. The van der Waals surface area contributed by atoms with Gasteiger partial charge in [0.05, 0.1) is 45.3 Å². The van der Waals surface area contributed by atoms with Crippen molar-refractivity contribution >= 4 is 47.8 Å². The normalized spacial score (nSPS) is 8.96. The van der Waals surface area contributed by atoms with Gasteiger partial charge < -0.3 is 50.4 Å². The third-order valence-corrected chi connectivity index (χ3v) is 5.53. The Hall–Kier alpha value is -5.36. The van der Waals surface area contributed by atoms with Gasteiger partial charge in [0.25, 0.3) is 0 Å². The smallest absolute Gasteiger partial charge is 0.545 e. The van der Waals surface area contributed by atoms with Gasteiger partial charge in [-0.3, -0.25) is 0 Å². The average molecular weight is 708 g/mol. The topological polar surface area (TPSA) is 304 Å². The Labute approximate surface area is 325 Å². The minimum atomic E-state index is -1.52. The maximum atomic E-state index is 10.5. The van der Waals surface area contributed by atoms with Crippen LogP contribution in [0, 0.1) is 0 Å². The van der Waals surface area contributed by atoms with E-state index in [4.69, 9.17) is 30.6 Å². The van der Waals surface area contributed by atoms with Crippen LogP contribution in [0.5, 0.6) is 0 Å². The van der Waals surface area contributed by atoms with Crippen molar-refractivity contribution in [2.45, 2.75) is 0 Å². The predicted octanol–water partition coefficient (Wildman–Crippen LogP) is -4.33. The minimum absolute atomic E-state index is 0. The summed E-state index contributed by atoms with van der Waals surface area (Å²) in [5.41, 5.74) is -1.87. The second-order valence-electron chi connectivity index (χ2n) is 8.59. The second-order valence-corrected chi connectivity index (χ2v) is 8.59. The van der Waals surface area contributed by atoms with Gasteiger partial charge in [0, 0.05) is 11.1 Å². The summed E-state index contributed by atoms with van der Waals surface area (Å²) >= 11 is 0. The van der Waals surface area contributed by atoms with E-state index in [1.165, 1.54) is 84.9 Å². The molecule has 4 aromatic rings. The number of benzene rings is 4. The Morgan fingerprint density at radius 1 is 0.300 bits per heavy atom. The Bertz CT molecular complexity index is 1470. The van der Waals surface area contributed by atoms with Gasteiger partial charge in [0.2, 0.25) is 0 Å². The van der Waals surface area contributed by atoms with Gasteiger partial charge in [-0.15, -0.1) is 0 Å². The summed E-state index contributed by atoms with van der Waals surface area (Å²) in [6.45, 7) is 0. The van der Waals surface area contributed by atoms with Crippen LogP contribution in [0.1, 0.15) is 82.9 Å². The van der Waals surface area contributed by atoms with Crippen molar-refractivity contribution in [2.24, 2.45) is 0 Å². The number of aromatic carboxylic acids is 8. The first-order valence-corrected chi connectivity index (χ1v) is 12.7. The van der Waals surface area contributed by atoms with Crippen LogP contribution in [0.3, 0.4) is 0 Å². The molecule has 0 atom stereocenters. The van der Waals surface area contributed by atoms with Crippen LogP contribution in [0.2, 0.25) is 0 Å². The monoisotopic (exact) mass is 708 g/mol. The number of hydrogen-bond donors (Lipinski definition) is 6. The van der Waals surface area contributed by atoms with Gasteiger partial charge in [0.15, 0.2) is 0 Å². The van der Waals surface area contributed by atoms with Crippen LogP contribution in [0.25, 0.3) is 0 Å². The minimum Gasteiger partial charge on any atom is -0.545 e. The largest absolute Gasteiger partial charge is 1.00 e. The Kier molecular flexibility index (Phi) is 21.6. The fourth-order valence-electron chi connectivity index (χ4n) is 3.41. The van der Waals surface area contributed by atoms with Gasteiger partial charge in [-0.2, -0.15) is 0 Å². The summed E-state index contributed by atoms with van der Waals surface area (Å²) in [6, 6.07) is 21.6. The molecule has 0 aliphatic rings. The molecule has 0 saturated carbocycles. The van der Waals surface area contributed by atoms with Crippen LogP contribution in [0.15, 0.2) is 97.1 Å². The van der Waals surface area contributed by atoms with E-state index in [9.17, 15) is 48.6 Å². The van der Waals surface area contributed by atoms with Gasteiger partial charge in [-0.1, -0.05) is 60.7 Å². The summed E-state index contributed by atoms with van der Waals surface area (Å²) in [5, 5.41) is 72.0. The molecule has 4 aromatic carbocycles.